The van der Waals surface area contributed by atoms with Crippen molar-refractivity contribution in [1.82, 2.24) is 0 Å². The molecule has 0 bridgehead atoms. The normalized spacial score (nSPS) is 14.4. The van der Waals surface area contributed by atoms with Gasteiger partial charge in [-0.05, 0) is 97.9 Å². The van der Waals surface area contributed by atoms with Crippen molar-refractivity contribution in [3.8, 4) is 5.75 Å². The third-order valence-corrected chi connectivity index (χ3v) is 6.87. The fourth-order valence-corrected chi connectivity index (χ4v) is 5.71. The smallest absolute Gasteiger partial charge is 0.363 e. The first-order chi connectivity index (χ1) is 16.5. The van der Waals surface area contributed by atoms with Crippen LogP contribution in [0.3, 0.4) is 0 Å². The second kappa shape index (κ2) is 9.83. The fourth-order valence-electron chi connectivity index (χ4n) is 3.58. The number of ether oxygens (including phenoxy) is 2. The number of benzene rings is 4. The summed E-state index contributed by atoms with van der Waals surface area (Å²) in [5.41, 5.74) is 2.26. The SMILES string of the molecule is O=C1OC(c2ccc3ccccc3c2)=N/C1=C\c1cc(I)c(OCc2ccccc2F)c(I)c1. The summed E-state index contributed by atoms with van der Waals surface area (Å²) in [4.78, 5) is 16.9. The quantitative estimate of drug-likeness (QED) is 0.129. The summed E-state index contributed by atoms with van der Waals surface area (Å²) in [7, 11) is 0. The highest BCUT2D eigenvalue weighted by atomic mass is 127. The van der Waals surface area contributed by atoms with Gasteiger partial charge in [-0.25, -0.2) is 14.2 Å². The minimum atomic E-state index is -0.493. The van der Waals surface area contributed by atoms with Crippen molar-refractivity contribution >= 4 is 73.9 Å². The number of carbonyl (C=O) groups excluding carboxylic acids is 1. The predicted molar refractivity (Wildman–Crippen MR) is 147 cm³/mol. The highest BCUT2D eigenvalue weighted by molar-refractivity contribution is 14.1. The zero-order valence-electron chi connectivity index (χ0n) is 17.6. The molecule has 0 unspecified atom stereocenters. The number of halogens is 3. The van der Waals surface area contributed by atoms with E-state index in [9.17, 15) is 9.18 Å². The van der Waals surface area contributed by atoms with Gasteiger partial charge in [0.15, 0.2) is 5.70 Å². The fraction of sp³-hybridized carbons (Fsp3) is 0.0370. The van der Waals surface area contributed by atoms with Gasteiger partial charge in [0.2, 0.25) is 5.90 Å². The molecule has 0 spiro atoms. The topological polar surface area (TPSA) is 47.9 Å². The Balaban J connectivity index is 1.39. The number of hydrogen-bond acceptors (Lipinski definition) is 4. The van der Waals surface area contributed by atoms with Crippen LogP contribution in [0.2, 0.25) is 0 Å². The van der Waals surface area contributed by atoms with Gasteiger partial charge in [-0.2, -0.15) is 0 Å². The number of cyclic esters (lactones) is 1. The van der Waals surface area contributed by atoms with E-state index in [-0.39, 0.29) is 24.0 Å². The van der Waals surface area contributed by atoms with Crippen LogP contribution in [0.25, 0.3) is 16.8 Å². The molecule has 1 aliphatic rings. The van der Waals surface area contributed by atoms with Crippen molar-refractivity contribution in [2.75, 3.05) is 0 Å². The Labute approximate surface area is 222 Å². The van der Waals surface area contributed by atoms with Crippen LogP contribution in [0, 0.1) is 13.0 Å². The first-order valence-corrected chi connectivity index (χ1v) is 12.5. The molecule has 0 atom stereocenters. The summed E-state index contributed by atoms with van der Waals surface area (Å²) >= 11 is 4.34. The largest absolute Gasteiger partial charge is 0.487 e. The van der Waals surface area contributed by atoms with Crippen molar-refractivity contribution in [2.24, 2.45) is 4.99 Å². The number of esters is 1. The molecule has 4 aromatic carbocycles. The van der Waals surface area contributed by atoms with Crippen LogP contribution in [0.1, 0.15) is 16.7 Å². The summed E-state index contributed by atoms with van der Waals surface area (Å²) in [5.74, 6) is 0.166. The molecule has 0 amide bonds. The van der Waals surface area contributed by atoms with Crippen molar-refractivity contribution in [3.63, 3.8) is 0 Å². The standard InChI is InChI=1S/C27H16FI2NO3/c28-21-8-4-3-7-20(21)15-33-25-22(29)11-16(12-23(25)30)13-24-27(32)34-26(31-24)19-10-9-17-5-1-2-6-18(17)14-19/h1-14H,15H2/b24-13-. The number of carbonyl (C=O) groups is 1. The number of rotatable bonds is 5. The van der Waals surface area contributed by atoms with E-state index < -0.39 is 5.97 Å². The molecule has 0 N–H and O–H groups in total. The predicted octanol–water partition coefficient (Wildman–Crippen LogP) is 7.11. The zero-order valence-corrected chi connectivity index (χ0v) is 21.9. The molecule has 1 aliphatic heterocycles. The Kier molecular flexibility index (Phi) is 6.64. The monoisotopic (exact) mass is 675 g/mol. The molecule has 5 rings (SSSR count). The highest BCUT2D eigenvalue weighted by Crippen LogP contribution is 2.31. The second-order valence-corrected chi connectivity index (χ2v) is 9.92. The van der Waals surface area contributed by atoms with Gasteiger partial charge in [0.05, 0.1) is 7.14 Å². The van der Waals surface area contributed by atoms with Crippen LogP contribution < -0.4 is 4.74 Å². The lowest BCUT2D eigenvalue weighted by Crippen LogP contribution is -2.05. The lowest BCUT2D eigenvalue weighted by Gasteiger charge is -2.12. The van der Waals surface area contributed by atoms with Crippen molar-refractivity contribution in [3.05, 3.63) is 114 Å². The number of fused-ring (bicyclic) bond motifs is 1. The Hall–Kier alpha value is -2.79. The molecule has 168 valence electrons. The van der Waals surface area contributed by atoms with E-state index >= 15 is 0 Å². The van der Waals surface area contributed by atoms with E-state index in [4.69, 9.17) is 9.47 Å². The van der Waals surface area contributed by atoms with Crippen LogP contribution in [-0.2, 0) is 16.1 Å². The van der Waals surface area contributed by atoms with E-state index in [0.717, 1.165) is 29.0 Å². The summed E-state index contributed by atoms with van der Waals surface area (Å²) < 4.78 is 26.9. The average Bonchev–Trinajstić information content (AvgIpc) is 3.19. The van der Waals surface area contributed by atoms with Gasteiger partial charge in [-0.3, -0.25) is 0 Å². The Morgan fingerprint density at radius 2 is 1.62 bits per heavy atom. The first-order valence-electron chi connectivity index (χ1n) is 10.3. The lowest BCUT2D eigenvalue weighted by molar-refractivity contribution is -0.129. The second-order valence-electron chi connectivity index (χ2n) is 7.59. The molecule has 4 nitrogen and oxygen atoms in total. The van der Waals surface area contributed by atoms with E-state index in [1.54, 1.807) is 24.3 Å². The van der Waals surface area contributed by atoms with Crippen LogP contribution >= 0.6 is 45.2 Å². The Bertz CT molecular complexity index is 1470. The van der Waals surface area contributed by atoms with Crippen molar-refractivity contribution in [2.45, 2.75) is 6.61 Å². The van der Waals surface area contributed by atoms with E-state index in [1.165, 1.54) is 6.07 Å². The third kappa shape index (κ3) is 4.85. The molecule has 0 fully saturated rings. The van der Waals surface area contributed by atoms with Gasteiger partial charge < -0.3 is 9.47 Å². The average molecular weight is 675 g/mol. The van der Waals surface area contributed by atoms with Crippen molar-refractivity contribution in [1.29, 1.82) is 0 Å². The van der Waals surface area contributed by atoms with Gasteiger partial charge >= 0.3 is 5.97 Å². The maximum Gasteiger partial charge on any atom is 0.363 e. The van der Waals surface area contributed by atoms with Crippen molar-refractivity contribution < 1.29 is 18.7 Å². The maximum atomic E-state index is 13.9. The lowest BCUT2D eigenvalue weighted by atomic mass is 10.1. The molecule has 0 saturated heterocycles. The van der Waals surface area contributed by atoms with E-state index in [2.05, 4.69) is 50.2 Å². The summed E-state index contributed by atoms with van der Waals surface area (Å²) in [6.07, 6.45) is 1.70. The zero-order chi connectivity index (χ0) is 23.7. The number of aliphatic imine (C=N–C) groups is 1. The van der Waals surface area contributed by atoms with Gasteiger partial charge in [0, 0.05) is 11.1 Å². The first kappa shape index (κ1) is 23.0. The van der Waals surface area contributed by atoms with Crippen LogP contribution in [-0.4, -0.2) is 11.9 Å². The minimum absolute atomic E-state index is 0.130. The molecule has 0 saturated carbocycles. The molecule has 1 heterocycles. The molecule has 4 aromatic rings. The molecular formula is C27H16FI2NO3. The van der Waals surface area contributed by atoms with Gasteiger partial charge in [0.25, 0.3) is 0 Å². The summed E-state index contributed by atoms with van der Waals surface area (Å²) in [6.45, 7) is 0.130. The highest BCUT2D eigenvalue weighted by Gasteiger charge is 2.24. The summed E-state index contributed by atoms with van der Waals surface area (Å²) in [5, 5.41) is 2.15. The molecule has 0 aliphatic carbocycles. The van der Waals surface area contributed by atoms with Crippen LogP contribution in [0.5, 0.6) is 5.75 Å². The molecule has 0 aromatic heterocycles. The van der Waals surface area contributed by atoms with Gasteiger partial charge in [0.1, 0.15) is 18.2 Å². The molecule has 34 heavy (non-hydrogen) atoms. The van der Waals surface area contributed by atoms with E-state index in [1.807, 2.05) is 54.6 Å². The molecule has 7 heteroatoms. The maximum absolute atomic E-state index is 13.9. The summed E-state index contributed by atoms with van der Waals surface area (Å²) in [6, 6.07) is 24.1. The van der Waals surface area contributed by atoms with Gasteiger partial charge in [-0.1, -0.05) is 48.5 Å². The van der Waals surface area contributed by atoms with Crippen LogP contribution in [0.4, 0.5) is 4.39 Å². The Morgan fingerprint density at radius 3 is 2.38 bits per heavy atom. The molecule has 0 radical (unpaired) electrons. The van der Waals surface area contributed by atoms with Crippen LogP contribution in [0.15, 0.2) is 89.6 Å². The number of nitrogens with zero attached hydrogens (tertiary/aromatic N) is 1. The molecular weight excluding hydrogens is 659 g/mol. The minimum Gasteiger partial charge on any atom is -0.487 e. The Morgan fingerprint density at radius 1 is 0.912 bits per heavy atom. The van der Waals surface area contributed by atoms with Gasteiger partial charge in [-0.15, -0.1) is 0 Å². The van der Waals surface area contributed by atoms with E-state index in [0.29, 0.717) is 11.3 Å². The number of hydrogen-bond donors (Lipinski definition) is 0. The third-order valence-electron chi connectivity index (χ3n) is 5.27.